The molecule has 0 amide bonds. The summed E-state index contributed by atoms with van der Waals surface area (Å²) in [5.41, 5.74) is 5.42. The van der Waals surface area contributed by atoms with Gasteiger partial charge in [0.15, 0.2) is 0 Å². The Morgan fingerprint density at radius 3 is 2.58 bits per heavy atom. The normalized spacial score (nSPS) is 29.7. The summed E-state index contributed by atoms with van der Waals surface area (Å²) in [6, 6.07) is 1.58. The van der Waals surface area contributed by atoms with Crippen molar-refractivity contribution in [2.75, 3.05) is 11.1 Å². The predicted molar refractivity (Wildman–Crippen MR) is 64.3 cm³/mol. The van der Waals surface area contributed by atoms with E-state index in [4.69, 9.17) is 5.73 Å². The molecule has 3 unspecified atom stereocenters. The molecule has 1 heterocycles. The molecule has 0 aromatic carbocycles. The fraction of sp³-hybridized carbons (Fsp3) is 0.667. The lowest BCUT2D eigenvalue weighted by Gasteiger charge is -2.23. The van der Waals surface area contributed by atoms with Crippen molar-refractivity contribution < 1.29 is 13.2 Å². The lowest BCUT2D eigenvalue weighted by molar-refractivity contribution is -0.144. The lowest BCUT2D eigenvalue weighted by atomic mass is 9.95. The largest absolute Gasteiger partial charge is 0.451 e. The zero-order valence-electron chi connectivity index (χ0n) is 10.2. The van der Waals surface area contributed by atoms with Gasteiger partial charge >= 0.3 is 6.18 Å². The maximum Gasteiger partial charge on any atom is 0.451 e. The first-order valence-electron chi connectivity index (χ1n) is 6.40. The Labute approximate surface area is 108 Å². The molecule has 1 aromatic heterocycles. The van der Waals surface area contributed by atoms with E-state index in [2.05, 4.69) is 15.3 Å². The molecule has 2 aliphatic carbocycles. The summed E-state index contributed by atoms with van der Waals surface area (Å²) in [6.45, 7) is 0. The van der Waals surface area contributed by atoms with Crippen molar-refractivity contribution in [1.29, 1.82) is 0 Å². The highest BCUT2D eigenvalue weighted by Crippen LogP contribution is 2.45. The molecule has 104 valence electrons. The van der Waals surface area contributed by atoms with Crippen LogP contribution in [-0.4, -0.2) is 16.0 Å². The molecule has 3 rings (SSSR count). The minimum absolute atomic E-state index is 0.159. The maximum absolute atomic E-state index is 12.6. The van der Waals surface area contributed by atoms with Gasteiger partial charge in [0.25, 0.3) is 0 Å². The lowest BCUT2D eigenvalue weighted by Crippen LogP contribution is -2.27. The molecule has 4 nitrogen and oxygen atoms in total. The fourth-order valence-corrected chi connectivity index (χ4v) is 3.28. The van der Waals surface area contributed by atoms with Gasteiger partial charge in [0.05, 0.1) is 0 Å². The van der Waals surface area contributed by atoms with Gasteiger partial charge in [-0.05, 0) is 31.1 Å². The number of nitrogens with one attached hydrogen (secondary N) is 1. The molecule has 2 aliphatic rings. The summed E-state index contributed by atoms with van der Waals surface area (Å²) in [5, 5.41) is 3.09. The van der Waals surface area contributed by atoms with Crippen molar-refractivity contribution in [1.82, 2.24) is 9.97 Å². The predicted octanol–water partition coefficient (Wildman–Crippen LogP) is 2.68. The van der Waals surface area contributed by atoms with Crippen molar-refractivity contribution >= 4 is 11.6 Å². The Morgan fingerprint density at radius 1 is 1.21 bits per heavy atom. The highest BCUT2D eigenvalue weighted by atomic mass is 19.4. The number of fused-ring (bicyclic) bond motifs is 2. The molecule has 0 radical (unpaired) electrons. The van der Waals surface area contributed by atoms with E-state index in [1.807, 2.05) is 0 Å². The number of nitrogens with zero attached hydrogens (tertiary/aromatic N) is 2. The first kappa shape index (κ1) is 12.5. The highest BCUT2D eigenvalue weighted by Gasteiger charge is 2.40. The highest BCUT2D eigenvalue weighted by molar-refractivity contribution is 5.46. The topological polar surface area (TPSA) is 63.8 Å². The average Bonchev–Trinajstić information content (AvgIpc) is 2.88. The van der Waals surface area contributed by atoms with Crippen molar-refractivity contribution in [3.05, 3.63) is 11.9 Å². The van der Waals surface area contributed by atoms with Gasteiger partial charge in [-0.25, -0.2) is 9.97 Å². The van der Waals surface area contributed by atoms with Crippen molar-refractivity contribution in [3.63, 3.8) is 0 Å². The molecular weight excluding hydrogens is 257 g/mol. The molecule has 0 saturated heterocycles. The number of nitrogens with two attached hydrogens (primary N) is 1. The standard InChI is InChI=1S/C12H15F3N4/c13-12(14,15)11-18-9(16)5-10(19-11)17-8-4-6-1-2-7(8)3-6/h5-8H,1-4H2,(H3,16,17,18,19). The Balaban J connectivity index is 1.79. The molecule has 2 saturated carbocycles. The number of aromatic nitrogens is 2. The monoisotopic (exact) mass is 272 g/mol. The van der Waals surface area contributed by atoms with Crippen molar-refractivity contribution in [3.8, 4) is 0 Å². The van der Waals surface area contributed by atoms with Crippen LogP contribution in [0.15, 0.2) is 6.07 Å². The molecule has 3 atom stereocenters. The third kappa shape index (κ3) is 2.46. The van der Waals surface area contributed by atoms with Crippen LogP contribution in [0.2, 0.25) is 0 Å². The van der Waals surface area contributed by atoms with E-state index in [0.717, 1.165) is 12.8 Å². The van der Waals surface area contributed by atoms with Crippen LogP contribution in [0.4, 0.5) is 24.8 Å². The number of halogens is 3. The number of anilines is 2. The minimum atomic E-state index is -4.57. The number of hydrogen-bond donors (Lipinski definition) is 2. The molecule has 7 heteroatoms. The number of rotatable bonds is 2. The number of nitrogen functional groups attached to an aromatic ring is 1. The van der Waals surface area contributed by atoms with Crippen LogP contribution in [0.1, 0.15) is 31.5 Å². The fourth-order valence-electron chi connectivity index (χ4n) is 3.28. The van der Waals surface area contributed by atoms with Crippen LogP contribution in [0.3, 0.4) is 0 Å². The second kappa shape index (κ2) is 4.25. The van der Waals surface area contributed by atoms with Gasteiger partial charge in [-0.3, -0.25) is 0 Å². The van der Waals surface area contributed by atoms with Gasteiger partial charge in [0.1, 0.15) is 11.6 Å². The Kier molecular flexibility index (Phi) is 2.79. The third-order valence-corrected chi connectivity index (χ3v) is 4.07. The van der Waals surface area contributed by atoms with Gasteiger partial charge in [-0.15, -0.1) is 0 Å². The molecule has 19 heavy (non-hydrogen) atoms. The molecule has 0 aliphatic heterocycles. The zero-order valence-corrected chi connectivity index (χ0v) is 10.2. The van der Waals surface area contributed by atoms with Gasteiger partial charge in [0.2, 0.25) is 5.82 Å². The van der Waals surface area contributed by atoms with Crippen LogP contribution in [0.5, 0.6) is 0 Å². The Hall–Kier alpha value is -1.53. The van der Waals surface area contributed by atoms with E-state index in [-0.39, 0.29) is 17.7 Å². The van der Waals surface area contributed by atoms with Crippen LogP contribution >= 0.6 is 0 Å². The Morgan fingerprint density at radius 2 is 2.00 bits per heavy atom. The smallest absolute Gasteiger partial charge is 0.384 e. The Bertz CT molecular complexity index is 488. The molecule has 2 bridgehead atoms. The first-order chi connectivity index (χ1) is 8.91. The maximum atomic E-state index is 12.6. The summed E-state index contributed by atoms with van der Waals surface area (Å²) in [4.78, 5) is 6.75. The van der Waals surface area contributed by atoms with Crippen LogP contribution in [0, 0.1) is 11.8 Å². The van der Waals surface area contributed by atoms with E-state index in [1.54, 1.807) is 0 Å². The summed E-state index contributed by atoms with van der Waals surface area (Å²) in [7, 11) is 0. The molecule has 1 aromatic rings. The van der Waals surface area contributed by atoms with Gasteiger partial charge < -0.3 is 11.1 Å². The van der Waals surface area contributed by atoms with Gasteiger partial charge in [-0.1, -0.05) is 6.42 Å². The van der Waals surface area contributed by atoms with E-state index >= 15 is 0 Å². The van der Waals surface area contributed by atoms with Crippen molar-refractivity contribution in [2.45, 2.75) is 37.9 Å². The SMILES string of the molecule is Nc1cc(NC2CC3CCC2C3)nc(C(F)(F)F)n1. The quantitative estimate of drug-likeness (QED) is 0.868. The molecule has 3 N–H and O–H groups in total. The number of alkyl halides is 3. The van der Waals surface area contributed by atoms with Gasteiger partial charge in [0, 0.05) is 12.1 Å². The van der Waals surface area contributed by atoms with Gasteiger partial charge in [-0.2, -0.15) is 13.2 Å². The molecular formula is C12H15F3N4. The zero-order chi connectivity index (χ0) is 13.6. The summed E-state index contributed by atoms with van der Waals surface area (Å²) in [6.07, 6.45) is -0.00162. The van der Waals surface area contributed by atoms with Crippen LogP contribution in [0.25, 0.3) is 0 Å². The molecule has 2 fully saturated rings. The van der Waals surface area contributed by atoms with Crippen molar-refractivity contribution in [2.24, 2.45) is 11.8 Å². The van der Waals surface area contributed by atoms with Crippen LogP contribution < -0.4 is 11.1 Å². The average molecular weight is 272 g/mol. The third-order valence-electron chi connectivity index (χ3n) is 4.07. The summed E-state index contributed by atoms with van der Waals surface area (Å²) in [5.74, 6) is 0.0998. The minimum Gasteiger partial charge on any atom is -0.384 e. The second-order valence-electron chi connectivity index (χ2n) is 5.43. The van der Waals surface area contributed by atoms with Crippen LogP contribution in [-0.2, 0) is 6.18 Å². The van der Waals surface area contributed by atoms with E-state index in [9.17, 15) is 13.2 Å². The van der Waals surface area contributed by atoms with E-state index < -0.39 is 12.0 Å². The first-order valence-corrected chi connectivity index (χ1v) is 6.40. The summed E-state index contributed by atoms with van der Waals surface area (Å²) < 4.78 is 37.8. The number of hydrogen-bond acceptors (Lipinski definition) is 4. The van der Waals surface area contributed by atoms with E-state index in [1.165, 1.54) is 18.9 Å². The second-order valence-corrected chi connectivity index (χ2v) is 5.43. The summed E-state index contributed by atoms with van der Waals surface area (Å²) >= 11 is 0. The van der Waals surface area contributed by atoms with E-state index in [0.29, 0.717) is 11.8 Å². The molecule has 0 spiro atoms.